The lowest BCUT2D eigenvalue weighted by atomic mass is 9.87. The number of esters is 1. The molecule has 1 N–H and O–H groups in total. The number of amides is 3. The highest BCUT2D eigenvalue weighted by atomic mass is 28.3. The smallest absolute Gasteiger partial charge is 0.426 e. The molecule has 0 aromatic heterocycles. The maximum atomic E-state index is 14.7. The third kappa shape index (κ3) is 10.8. The van der Waals surface area contributed by atoms with Gasteiger partial charge < -0.3 is 18.8 Å². The minimum atomic E-state index is -2.26. The lowest BCUT2D eigenvalue weighted by Gasteiger charge is -2.60. The Balaban J connectivity index is 2.55. The van der Waals surface area contributed by atoms with E-state index in [9.17, 15) is 19.2 Å². The number of hydrogen-bond acceptors (Lipinski definition) is 7. The zero-order valence-corrected chi connectivity index (χ0v) is 33.0. The molecule has 0 radical (unpaired) electrons. The van der Waals surface area contributed by atoms with Crippen molar-refractivity contribution in [2.75, 3.05) is 0 Å². The Labute approximate surface area is 290 Å². The number of β-lactam (4-membered cyclic amide) rings is 1. The van der Waals surface area contributed by atoms with Crippen molar-refractivity contribution in [3.63, 3.8) is 0 Å². The van der Waals surface area contributed by atoms with Gasteiger partial charge in [0.2, 0.25) is 5.91 Å². The minimum absolute atomic E-state index is 0.00429. The largest absolute Gasteiger partial charge is 0.459 e. The molecular weight excluding hydrogens is 627 g/mol. The molecule has 0 bridgehead atoms. The number of carbonyl (C=O) groups is 4. The Bertz CT molecular complexity index is 1240. The summed E-state index contributed by atoms with van der Waals surface area (Å²) in [4.78, 5) is 55.6. The Hall–Kier alpha value is -2.92. The highest BCUT2D eigenvalue weighted by Gasteiger charge is 2.60. The molecule has 10 nitrogen and oxygen atoms in total. The summed E-state index contributed by atoms with van der Waals surface area (Å²) < 4.78 is 19.9. The molecule has 0 unspecified atom stereocenters. The summed E-state index contributed by atoms with van der Waals surface area (Å²) in [6.45, 7) is 28.1. The molecule has 48 heavy (non-hydrogen) atoms. The van der Waals surface area contributed by atoms with E-state index in [4.69, 9.17) is 14.2 Å². The van der Waals surface area contributed by atoms with Crippen LogP contribution in [0.5, 0.6) is 0 Å². The zero-order valence-electron chi connectivity index (χ0n) is 32.0. The summed E-state index contributed by atoms with van der Waals surface area (Å²) >= 11 is 0. The van der Waals surface area contributed by atoms with Crippen LogP contribution in [0.25, 0.3) is 0 Å². The number of nitrogens with zero attached hydrogens (tertiary/aromatic N) is 2. The van der Waals surface area contributed by atoms with Crippen LogP contribution < -0.4 is 5.43 Å². The van der Waals surface area contributed by atoms with Crippen LogP contribution in [-0.4, -0.2) is 71.6 Å². The molecule has 1 fully saturated rings. The van der Waals surface area contributed by atoms with Gasteiger partial charge in [0.25, 0.3) is 5.91 Å². The molecule has 1 aromatic rings. The Morgan fingerprint density at radius 1 is 0.938 bits per heavy atom. The summed E-state index contributed by atoms with van der Waals surface area (Å²) in [5, 5.41) is 0.951. The molecule has 1 aromatic carbocycles. The molecule has 5 atom stereocenters. The van der Waals surface area contributed by atoms with Crippen LogP contribution >= 0.6 is 0 Å². The fourth-order valence-corrected chi connectivity index (χ4v) is 8.20. The maximum absolute atomic E-state index is 14.7. The molecule has 1 aliphatic heterocycles. The molecule has 0 saturated carbocycles. The van der Waals surface area contributed by atoms with E-state index in [0.717, 1.165) is 17.0 Å². The predicted molar refractivity (Wildman–Crippen MR) is 191 cm³/mol. The van der Waals surface area contributed by atoms with E-state index in [0.29, 0.717) is 0 Å². The molecule has 1 aliphatic rings. The van der Waals surface area contributed by atoms with Crippen molar-refractivity contribution in [3.05, 3.63) is 35.9 Å². The van der Waals surface area contributed by atoms with Gasteiger partial charge in [0.1, 0.15) is 18.3 Å². The fourth-order valence-electron chi connectivity index (χ4n) is 5.67. The van der Waals surface area contributed by atoms with Gasteiger partial charge in [0.15, 0.2) is 20.4 Å². The summed E-state index contributed by atoms with van der Waals surface area (Å²) in [7, 11) is -2.26. The fraction of sp³-hybridized carbons (Fsp3) is 0.730. The van der Waals surface area contributed by atoms with Gasteiger partial charge in [-0.3, -0.25) is 9.59 Å². The molecular formula is C37H63N3O7Si. The first-order valence-electron chi connectivity index (χ1n) is 17.5. The van der Waals surface area contributed by atoms with Gasteiger partial charge in [0.05, 0.1) is 6.04 Å². The van der Waals surface area contributed by atoms with Crippen LogP contribution in [0.15, 0.2) is 30.3 Å². The van der Waals surface area contributed by atoms with Crippen molar-refractivity contribution in [2.24, 2.45) is 17.8 Å². The number of carbonyl (C=O) groups excluding carboxylic acids is 4. The molecule has 272 valence electrons. The number of nitrogens with one attached hydrogen (secondary N) is 1. The van der Waals surface area contributed by atoms with Gasteiger partial charge >= 0.3 is 12.1 Å². The monoisotopic (exact) mass is 689 g/mol. The van der Waals surface area contributed by atoms with Crippen molar-refractivity contribution in [1.82, 2.24) is 15.0 Å². The average molecular weight is 690 g/mol. The molecule has 1 heterocycles. The Morgan fingerprint density at radius 2 is 1.50 bits per heavy atom. The van der Waals surface area contributed by atoms with Crippen molar-refractivity contribution in [2.45, 2.75) is 157 Å². The van der Waals surface area contributed by atoms with Gasteiger partial charge in [-0.15, -0.1) is 0 Å². The number of hydrazine groups is 1. The van der Waals surface area contributed by atoms with E-state index in [1.807, 2.05) is 58.0 Å². The van der Waals surface area contributed by atoms with E-state index < -0.39 is 50.1 Å². The number of rotatable bonds is 14. The average Bonchev–Trinajstić information content (AvgIpc) is 2.96. The Kier molecular flexibility index (Phi) is 14.3. The van der Waals surface area contributed by atoms with Gasteiger partial charge in [-0.1, -0.05) is 112 Å². The Morgan fingerprint density at radius 3 is 1.98 bits per heavy atom. The van der Waals surface area contributed by atoms with Crippen molar-refractivity contribution < 1.29 is 33.4 Å². The normalized spacial score (nSPS) is 19.0. The highest BCUT2D eigenvalue weighted by molar-refractivity contribution is 6.80. The maximum Gasteiger partial charge on any atom is 0.426 e. The second kappa shape index (κ2) is 16.7. The van der Waals surface area contributed by atoms with Crippen LogP contribution in [0.4, 0.5) is 4.79 Å². The van der Waals surface area contributed by atoms with E-state index in [-0.39, 0.29) is 54.2 Å². The van der Waals surface area contributed by atoms with Crippen LogP contribution in [0.2, 0.25) is 18.1 Å². The third-order valence-corrected chi connectivity index (χ3v) is 14.8. The van der Waals surface area contributed by atoms with E-state index >= 15 is 0 Å². The van der Waals surface area contributed by atoms with Crippen molar-refractivity contribution in [3.8, 4) is 0 Å². The van der Waals surface area contributed by atoms with E-state index in [1.165, 1.54) is 0 Å². The van der Waals surface area contributed by atoms with Gasteiger partial charge in [-0.05, 0) is 62.0 Å². The first-order chi connectivity index (χ1) is 22.0. The molecule has 0 aliphatic carbocycles. The zero-order chi connectivity index (χ0) is 36.8. The number of hydrogen-bond donors (Lipinski definition) is 1. The molecule has 0 spiro atoms. The lowest BCUT2D eigenvalue weighted by Crippen LogP contribution is -2.77. The van der Waals surface area contributed by atoms with Crippen LogP contribution in [0.3, 0.4) is 0 Å². The van der Waals surface area contributed by atoms with Gasteiger partial charge in [-0.2, -0.15) is 0 Å². The minimum Gasteiger partial charge on any atom is -0.459 e. The van der Waals surface area contributed by atoms with Gasteiger partial charge in [0, 0.05) is 0 Å². The van der Waals surface area contributed by atoms with E-state index in [1.54, 1.807) is 20.8 Å². The number of ether oxygens (including phenoxy) is 3. The molecule has 2 rings (SSSR count). The third-order valence-electron chi connectivity index (χ3n) is 9.38. The van der Waals surface area contributed by atoms with E-state index in [2.05, 4.69) is 57.7 Å². The van der Waals surface area contributed by atoms with Gasteiger partial charge in [-0.25, -0.2) is 20.0 Å². The summed E-state index contributed by atoms with van der Waals surface area (Å²) in [5.74, 6) is -1.31. The van der Waals surface area contributed by atoms with Crippen molar-refractivity contribution in [1.29, 1.82) is 0 Å². The summed E-state index contributed by atoms with van der Waals surface area (Å²) in [6.07, 6.45) is -1.50. The SMILES string of the molecule is CC[C@H](C)[C@H]1[C@H](O[C@@H](CC(C)C)C(=O)N(NC(=O)OC(C)(C)C)[C@@H](CC(C)C)C(=O)OCc2ccccc2)C(=O)N1[Si](C)(C)C(C)(C)C. The topological polar surface area (TPSA) is 114 Å². The number of benzene rings is 1. The van der Waals surface area contributed by atoms with Crippen molar-refractivity contribution >= 4 is 32.1 Å². The molecule has 11 heteroatoms. The summed E-state index contributed by atoms with van der Waals surface area (Å²) in [6, 6.07) is 7.90. The standard InChI is InChI=1S/C37H63N3O7Si/c1-15-26(6)30-31(33(42)40(30)48(13,14)37(10,11)12)46-29(22-25(4)5)32(41)39(38-35(44)47-36(7,8)9)28(21-24(2)3)34(43)45-23-27-19-17-16-18-20-27/h16-20,24-26,28-31H,15,21-23H2,1-14H3,(H,38,44)/t26-,28-,29-,30-,31-/m0/s1. The molecule has 1 saturated heterocycles. The second-order valence-electron chi connectivity index (χ2n) is 16.6. The van der Waals surface area contributed by atoms with Crippen LogP contribution in [0.1, 0.15) is 108 Å². The molecule has 3 amide bonds. The first-order valence-corrected chi connectivity index (χ1v) is 20.5. The van der Waals surface area contributed by atoms with Crippen LogP contribution in [-0.2, 0) is 35.2 Å². The second-order valence-corrected chi connectivity index (χ2v) is 21.7. The lowest BCUT2D eigenvalue weighted by molar-refractivity contribution is -0.186. The quantitative estimate of drug-likeness (QED) is 0.0933. The first kappa shape index (κ1) is 41.2. The highest BCUT2D eigenvalue weighted by Crippen LogP contribution is 2.46. The summed E-state index contributed by atoms with van der Waals surface area (Å²) in [5.41, 5.74) is 2.52. The predicted octanol–water partition coefficient (Wildman–Crippen LogP) is 7.47. The van der Waals surface area contributed by atoms with Crippen LogP contribution in [0, 0.1) is 17.8 Å².